The number of hydrogen-bond acceptors (Lipinski definition) is 3. The number of fused-ring (bicyclic) bond motifs is 3. The topological polar surface area (TPSA) is 21.7 Å². The fourth-order valence-electron chi connectivity index (χ4n) is 4.24. The Balaban J connectivity index is 1.59. The Morgan fingerprint density at radius 1 is 1.12 bits per heavy atom. The summed E-state index contributed by atoms with van der Waals surface area (Å²) in [5.74, 6) is 0.918. The summed E-state index contributed by atoms with van der Waals surface area (Å²) in [4.78, 5) is 2.54. The highest BCUT2D eigenvalue weighted by Gasteiger charge is 2.34. The van der Waals surface area contributed by atoms with Gasteiger partial charge in [-0.05, 0) is 67.3 Å². The molecule has 2 aliphatic heterocycles. The monoisotopic (exact) mass is 337 g/mol. The molecule has 25 heavy (non-hydrogen) atoms. The molecule has 0 N–H and O–H groups in total. The van der Waals surface area contributed by atoms with Gasteiger partial charge in [0.2, 0.25) is 0 Å². The van der Waals surface area contributed by atoms with Gasteiger partial charge in [0.05, 0.1) is 6.61 Å². The fraction of sp³-hybridized carbons (Fsp3) is 0.455. The minimum Gasteiger partial charge on any atom is -0.491 e. The van der Waals surface area contributed by atoms with Crippen LogP contribution in [0.4, 0.5) is 0 Å². The molecule has 2 heterocycles. The molecule has 0 saturated carbocycles. The van der Waals surface area contributed by atoms with E-state index in [1.807, 2.05) is 6.92 Å². The highest BCUT2D eigenvalue weighted by Crippen LogP contribution is 2.39. The quantitative estimate of drug-likeness (QED) is 0.724. The first-order valence-corrected chi connectivity index (χ1v) is 9.42. The van der Waals surface area contributed by atoms with Gasteiger partial charge in [0.25, 0.3) is 0 Å². The van der Waals surface area contributed by atoms with Crippen LogP contribution in [0.25, 0.3) is 16.3 Å². The molecule has 0 aliphatic carbocycles. The highest BCUT2D eigenvalue weighted by molar-refractivity contribution is 5.95. The van der Waals surface area contributed by atoms with Crippen molar-refractivity contribution < 1.29 is 9.47 Å². The van der Waals surface area contributed by atoms with E-state index in [4.69, 9.17) is 9.47 Å². The lowest BCUT2D eigenvalue weighted by Gasteiger charge is -2.30. The molecule has 4 rings (SSSR count). The molecule has 2 unspecified atom stereocenters. The average Bonchev–Trinajstić information content (AvgIpc) is 2.85. The Bertz CT molecular complexity index is 783. The third kappa shape index (κ3) is 3.31. The van der Waals surface area contributed by atoms with Crippen molar-refractivity contribution in [1.29, 1.82) is 0 Å². The van der Waals surface area contributed by atoms with Gasteiger partial charge in [-0.1, -0.05) is 30.3 Å². The molecule has 2 aromatic carbocycles. The number of benzene rings is 2. The lowest BCUT2D eigenvalue weighted by atomic mass is 9.91. The third-order valence-corrected chi connectivity index (χ3v) is 5.64. The summed E-state index contributed by atoms with van der Waals surface area (Å²) in [5, 5.41) is 2.58. The zero-order valence-electron chi connectivity index (χ0n) is 15.2. The molecule has 0 radical (unpaired) electrons. The van der Waals surface area contributed by atoms with Gasteiger partial charge in [0.15, 0.2) is 0 Å². The molecule has 0 spiro atoms. The van der Waals surface area contributed by atoms with Gasteiger partial charge >= 0.3 is 0 Å². The average molecular weight is 337 g/mol. The molecular weight excluding hydrogens is 310 g/mol. The van der Waals surface area contributed by atoms with Crippen LogP contribution < -0.4 is 4.74 Å². The van der Waals surface area contributed by atoms with Crippen LogP contribution in [0.1, 0.15) is 31.7 Å². The van der Waals surface area contributed by atoms with Gasteiger partial charge in [0.1, 0.15) is 12.4 Å². The lowest BCUT2D eigenvalue weighted by molar-refractivity contribution is 0.110. The second kappa shape index (κ2) is 7.19. The van der Waals surface area contributed by atoms with Crippen molar-refractivity contribution in [2.24, 2.45) is 0 Å². The SMILES string of the molecule is CCOCCOc1ccc2c(C3=CC4CCC(C3)N4C)cccc2c1. The van der Waals surface area contributed by atoms with E-state index in [1.54, 1.807) is 0 Å². The molecule has 132 valence electrons. The zero-order chi connectivity index (χ0) is 17.2. The van der Waals surface area contributed by atoms with Crippen LogP contribution in [0, 0.1) is 0 Å². The summed E-state index contributed by atoms with van der Waals surface area (Å²) in [5.41, 5.74) is 2.91. The Kier molecular flexibility index (Phi) is 4.78. The second-order valence-electron chi connectivity index (χ2n) is 7.09. The van der Waals surface area contributed by atoms with E-state index in [9.17, 15) is 0 Å². The number of ether oxygens (including phenoxy) is 2. The predicted molar refractivity (Wildman–Crippen MR) is 103 cm³/mol. The van der Waals surface area contributed by atoms with E-state index in [0.29, 0.717) is 25.3 Å². The van der Waals surface area contributed by atoms with Gasteiger partial charge in [-0.3, -0.25) is 4.90 Å². The fourth-order valence-corrected chi connectivity index (χ4v) is 4.24. The van der Waals surface area contributed by atoms with E-state index in [-0.39, 0.29) is 0 Å². The van der Waals surface area contributed by atoms with E-state index in [1.165, 1.54) is 41.2 Å². The lowest BCUT2D eigenvalue weighted by Crippen LogP contribution is -2.34. The molecule has 1 saturated heterocycles. The Morgan fingerprint density at radius 2 is 2.04 bits per heavy atom. The van der Waals surface area contributed by atoms with Crippen molar-refractivity contribution in [3.05, 3.63) is 48.0 Å². The molecule has 2 bridgehead atoms. The maximum atomic E-state index is 5.81. The molecule has 1 fully saturated rings. The smallest absolute Gasteiger partial charge is 0.120 e. The number of hydrogen-bond donors (Lipinski definition) is 0. The summed E-state index contributed by atoms with van der Waals surface area (Å²) in [6.45, 7) is 3.97. The van der Waals surface area contributed by atoms with Gasteiger partial charge in [-0.15, -0.1) is 0 Å². The summed E-state index contributed by atoms with van der Waals surface area (Å²) in [6, 6.07) is 14.4. The zero-order valence-corrected chi connectivity index (χ0v) is 15.2. The molecule has 2 atom stereocenters. The predicted octanol–water partition coefficient (Wildman–Crippen LogP) is 4.51. The second-order valence-corrected chi connectivity index (χ2v) is 7.09. The van der Waals surface area contributed by atoms with Crippen LogP contribution in [0.15, 0.2) is 42.5 Å². The van der Waals surface area contributed by atoms with Crippen LogP contribution in [-0.4, -0.2) is 43.9 Å². The van der Waals surface area contributed by atoms with Gasteiger partial charge in [0, 0.05) is 18.7 Å². The molecule has 2 aromatic rings. The number of nitrogens with zero attached hydrogens (tertiary/aromatic N) is 1. The number of likely N-dealkylation sites (N-methyl/N-ethyl adjacent to an activating group) is 1. The molecule has 0 aromatic heterocycles. The summed E-state index contributed by atoms with van der Waals surface area (Å²) < 4.78 is 11.2. The van der Waals surface area contributed by atoms with Gasteiger partial charge < -0.3 is 9.47 Å². The largest absolute Gasteiger partial charge is 0.491 e. The van der Waals surface area contributed by atoms with Crippen molar-refractivity contribution in [2.45, 2.75) is 38.3 Å². The molecular formula is C22H27NO2. The van der Waals surface area contributed by atoms with Crippen molar-refractivity contribution in [1.82, 2.24) is 4.90 Å². The Hall–Kier alpha value is -1.84. The van der Waals surface area contributed by atoms with E-state index < -0.39 is 0 Å². The van der Waals surface area contributed by atoms with Crippen molar-refractivity contribution in [3.8, 4) is 5.75 Å². The summed E-state index contributed by atoms with van der Waals surface area (Å²) in [7, 11) is 2.27. The molecule has 0 amide bonds. The highest BCUT2D eigenvalue weighted by atomic mass is 16.5. The molecule has 3 nitrogen and oxygen atoms in total. The van der Waals surface area contributed by atoms with Crippen LogP contribution >= 0.6 is 0 Å². The minimum atomic E-state index is 0.597. The normalized spacial score (nSPS) is 23.0. The van der Waals surface area contributed by atoms with Crippen LogP contribution in [0.3, 0.4) is 0 Å². The van der Waals surface area contributed by atoms with E-state index >= 15 is 0 Å². The maximum absolute atomic E-state index is 5.81. The van der Waals surface area contributed by atoms with Gasteiger partial charge in [-0.25, -0.2) is 0 Å². The van der Waals surface area contributed by atoms with Crippen molar-refractivity contribution in [2.75, 3.05) is 26.9 Å². The van der Waals surface area contributed by atoms with Crippen LogP contribution in [-0.2, 0) is 4.74 Å². The Morgan fingerprint density at radius 3 is 2.88 bits per heavy atom. The third-order valence-electron chi connectivity index (χ3n) is 5.64. The van der Waals surface area contributed by atoms with E-state index in [0.717, 1.165) is 12.4 Å². The minimum absolute atomic E-state index is 0.597. The first kappa shape index (κ1) is 16.6. The van der Waals surface area contributed by atoms with Crippen LogP contribution in [0.2, 0.25) is 0 Å². The van der Waals surface area contributed by atoms with Crippen LogP contribution in [0.5, 0.6) is 5.75 Å². The first-order valence-electron chi connectivity index (χ1n) is 9.42. The maximum Gasteiger partial charge on any atom is 0.120 e. The summed E-state index contributed by atoms with van der Waals surface area (Å²) >= 11 is 0. The molecule has 3 heteroatoms. The van der Waals surface area contributed by atoms with Crippen molar-refractivity contribution >= 4 is 16.3 Å². The summed E-state index contributed by atoms with van der Waals surface area (Å²) in [6.07, 6.45) is 6.28. The number of rotatable bonds is 6. The Labute approximate surface area is 150 Å². The first-order chi connectivity index (χ1) is 12.3. The standard InChI is InChI=1S/C22H27NO2/c1-3-24-11-12-25-20-9-10-22-16(15-20)5-4-6-21(22)17-13-18-7-8-19(14-17)23(18)2/h4-6,9-10,13,15,18-19H,3,7-8,11-12,14H2,1-2H3. The van der Waals surface area contributed by atoms with Gasteiger partial charge in [-0.2, -0.15) is 0 Å². The van der Waals surface area contributed by atoms with Crippen molar-refractivity contribution in [3.63, 3.8) is 0 Å². The van der Waals surface area contributed by atoms with E-state index in [2.05, 4.69) is 54.4 Å². The molecule has 2 aliphatic rings.